The van der Waals surface area contributed by atoms with Gasteiger partial charge in [0.25, 0.3) is 0 Å². The molecule has 0 aliphatic carbocycles. The zero-order valence-corrected chi connectivity index (χ0v) is 8.10. The third kappa shape index (κ3) is 1.43. The molecule has 2 nitrogen and oxygen atoms in total. The highest BCUT2D eigenvalue weighted by Gasteiger charge is 2.29. The van der Waals surface area contributed by atoms with E-state index in [9.17, 15) is 0 Å². The molecule has 2 atom stereocenters. The van der Waals surface area contributed by atoms with Gasteiger partial charge in [-0.1, -0.05) is 15.9 Å². The minimum absolute atomic E-state index is 0.669. The zero-order valence-electron chi connectivity index (χ0n) is 6.52. The van der Waals surface area contributed by atoms with Gasteiger partial charge >= 0.3 is 0 Å². The summed E-state index contributed by atoms with van der Waals surface area (Å²) in [6.07, 6.45) is 3.81. The maximum Gasteiger partial charge on any atom is 0.101 e. The van der Waals surface area contributed by atoms with Crippen LogP contribution < -0.4 is 5.32 Å². The molecule has 0 bridgehead atoms. The fraction of sp³-hybridized carbons (Fsp3) is 0.875. The molecule has 0 amide bonds. The monoisotopic (exact) mass is 216 g/mol. The van der Waals surface area contributed by atoms with Crippen LogP contribution in [0.1, 0.15) is 19.3 Å². The maximum absolute atomic E-state index is 4.48. The van der Waals surface area contributed by atoms with Crippen molar-refractivity contribution in [2.75, 3.05) is 13.1 Å². The van der Waals surface area contributed by atoms with Crippen LogP contribution in [0.3, 0.4) is 0 Å². The Bertz CT molecular complexity index is 179. The van der Waals surface area contributed by atoms with Crippen LogP contribution in [0.4, 0.5) is 0 Å². The van der Waals surface area contributed by atoms with Crippen LogP contribution in [-0.4, -0.2) is 23.8 Å². The van der Waals surface area contributed by atoms with E-state index >= 15 is 0 Å². The predicted molar refractivity (Wildman–Crippen MR) is 50.4 cm³/mol. The summed E-state index contributed by atoms with van der Waals surface area (Å²) in [5.74, 6) is 1.93. The van der Waals surface area contributed by atoms with Gasteiger partial charge in [-0.25, -0.2) is 0 Å². The van der Waals surface area contributed by atoms with Gasteiger partial charge in [-0.2, -0.15) is 0 Å². The average Bonchev–Trinajstić information content (AvgIpc) is 2.06. The lowest BCUT2D eigenvalue weighted by atomic mass is 9.91. The van der Waals surface area contributed by atoms with Crippen molar-refractivity contribution in [2.45, 2.75) is 24.1 Å². The smallest absolute Gasteiger partial charge is 0.101 e. The van der Waals surface area contributed by atoms with E-state index in [1.807, 2.05) is 0 Å². The molecule has 2 aliphatic heterocycles. The van der Waals surface area contributed by atoms with Crippen LogP contribution in [0.15, 0.2) is 4.99 Å². The van der Waals surface area contributed by atoms with E-state index in [4.69, 9.17) is 0 Å². The second-order valence-corrected chi connectivity index (χ2v) is 4.42. The van der Waals surface area contributed by atoms with Crippen molar-refractivity contribution in [3.05, 3.63) is 0 Å². The van der Waals surface area contributed by atoms with Gasteiger partial charge in [0.1, 0.15) is 5.84 Å². The number of aliphatic imine (C=N–C) groups is 1. The topological polar surface area (TPSA) is 24.4 Å². The largest absolute Gasteiger partial charge is 0.374 e. The molecule has 0 saturated carbocycles. The highest BCUT2D eigenvalue weighted by Crippen LogP contribution is 2.27. The Labute approximate surface area is 75.6 Å². The first kappa shape index (κ1) is 7.59. The quantitative estimate of drug-likeness (QED) is 0.611. The lowest BCUT2D eigenvalue weighted by Gasteiger charge is -2.32. The Morgan fingerprint density at radius 1 is 1.45 bits per heavy atom. The van der Waals surface area contributed by atoms with Gasteiger partial charge in [0, 0.05) is 23.8 Å². The first-order valence-corrected chi connectivity index (χ1v) is 5.22. The van der Waals surface area contributed by atoms with Crippen LogP contribution in [0.5, 0.6) is 0 Å². The molecule has 0 radical (unpaired) electrons. The van der Waals surface area contributed by atoms with E-state index in [1.54, 1.807) is 0 Å². The van der Waals surface area contributed by atoms with Crippen LogP contribution in [0.2, 0.25) is 0 Å². The summed E-state index contributed by atoms with van der Waals surface area (Å²) >= 11 is 3.71. The minimum Gasteiger partial charge on any atom is -0.374 e. The number of rotatable bonds is 0. The Hall–Kier alpha value is -0.0500. The fourth-order valence-electron chi connectivity index (χ4n) is 1.84. The SMILES string of the molecule is BrC1CCNC2=NCCCC21. The van der Waals surface area contributed by atoms with Crippen molar-refractivity contribution in [2.24, 2.45) is 10.9 Å². The summed E-state index contributed by atoms with van der Waals surface area (Å²) in [5, 5.41) is 3.37. The lowest BCUT2D eigenvalue weighted by molar-refractivity contribution is 0.481. The molecule has 2 aliphatic rings. The number of alkyl halides is 1. The van der Waals surface area contributed by atoms with E-state index in [1.165, 1.54) is 25.1 Å². The summed E-state index contributed by atoms with van der Waals surface area (Å²) in [7, 11) is 0. The van der Waals surface area contributed by atoms with E-state index in [2.05, 4.69) is 26.2 Å². The van der Waals surface area contributed by atoms with Crippen LogP contribution >= 0.6 is 15.9 Å². The number of amidine groups is 1. The summed E-state index contributed by atoms with van der Waals surface area (Å²) in [6.45, 7) is 2.11. The molecule has 1 saturated heterocycles. The number of piperidine rings is 1. The Kier molecular flexibility index (Phi) is 2.16. The molecule has 2 rings (SSSR count). The van der Waals surface area contributed by atoms with Gasteiger partial charge in [0.15, 0.2) is 0 Å². The predicted octanol–water partition coefficient (Wildman–Crippen LogP) is 1.55. The van der Waals surface area contributed by atoms with Gasteiger partial charge in [-0.3, -0.25) is 4.99 Å². The number of nitrogens with one attached hydrogen (secondary N) is 1. The van der Waals surface area contributed by atoms with Gasteiger partial charge < -0.3 is 5.32 Å². The standard InChI is InChI=1S/C8H13BrN2/c9-7-3-5-11-8-6(7)2-1-4-10-8/h6-7H,1-5H2,(H,10,11). The number of hydrogen-bond donors (Lipinski definition) is 1. The van der Waals surface area contributed by atoms with Crippen molar-refractivity contribution < 1.29 is 0 Å². The van der Waals surface area contributed by atoms with Crippen molar-refractivity contribution in [3.63, 3.8) is 0 Å². The molecule has 0 aromatic heterocycles. The molecule has 11 heavy (non-hydrogen) atoms. The van der Waals surface area contributed by atoms with Crippen molar-refractivity contribution in [1.82, 2.24) is 5.32 Å². The second-order valence-electron chi connectivity index (χ2n) is 3.25. The fourth-order valence-corrected chi connectivity index (χ4v) is 2.59. The number of nitrogens with zero attached hydrogens (tertiary/aromatic N) is 1. The zero-order chi connectivity index (χ0) is 7.68. The first-order valence-electron chi connectivity index (χ1n) is 4.30. The molecule has 1 fully saturated rings. The van der Waals surface area contributed by atoms with Crippen molar-refractivity contribution in [1.29, 1.82) is 0 Å². The summed E-state index contributed by atoms with van der Waals surface area (Å²) < 4.78 is 0. The van der Waals surface area contributed by atoms with Crippen LogP contribution in [0, 0.1) is 5.92 Å². The number of hydrogen-bond acceptors (Lipinski definition) is 2. The second kappa shape index (κ2) is 3.13. The lowest BCUT2D eigenvalue weighted by Crippen LogP contribution is -2.44. The van der Waals surface area contributed by atoms with Gasteiger partial charge in [0.2, 0.25) is 0 Å². The molecule has 0 aromatic carbocycles. The molecule has 0 aromatic rings. The first-order chi connectivity index (χ1) is 5.38. The Morgan fingerprint density at radius 3 is 3.18 bits per heavy atom. The van der Waals surface area contributed by atoms with Crippen molar-refractivity contribution in [3.8, 4) is 0 Å². The normalized spacial score (nSPS) is 37.0. The Morgan fingerprint density at radius 2 is 2.36 bits per heavy atom. The molecule has 62 valence electrons. The van der Waals surface area contributed by atoms with Crippen molar-refractivity contribution >= 4 is 21.8 Å². The molecule has 0 spiro atoms. The highest BCUT2D eigenvalue weighted by molar-refractivity contribution is 9.09. The summed E-state index contributed by atoms with van der Waals surface area (Å²) in [6, 6.07) is 0. The van der Waals surface area contributed by atoms with Gasteiger partial charge in [-0.15, -0.1) is 0 Å². The number of halogens is 1. The molecule has 1 N–H and O–H groups in total. The Balaban J connectivity index is 2.13. The van der Waals surface area contributed by atoms with E-state index in [0.29, 0.717) is 10.7 Å². The summed E-state index contributed by atoms with van der Waals surface area (Å²) in [4.78, 5) is 5.15. The van der Waals surface area contributed by atoms with E-state index in [-0.39, 0.29) is 0 Å². The maximum atomic E-state index is 4.48. The van der Waals surface area contributed by atoms with Gasteiger partial charge in [0.05, 0.1) is 0 Å². The summed E-state index contributed by atoms with van der Waals surface area (Å²) in [5.41, 5.74) is 0. The number of fused-ring (bicyclic) bond motifs is 1. The molecular weight excluding hydrogens is 204 g/mol. The van der Waals surface area contributed by atoms with E-state index < -0.39 is 0 Å². The van der Waals surface area contributed by atoms with Crippen LogP contribution in [0.25, 0.3) is 0 Å². The molecule has 2 heterocycles. The third-order valence-electron chi connectivity index (χ3n) is 2.47. The molecule has 2 unspecified atom stereocenters. The van der Waals surface area contributed by atoms with Crippen LogP contribution in [-0.2, 0) is 0 Å². The average molecular weight is 217 g/mol. The van der Waals surface area contributed by atoms with E-state index in [0.717, 1.165) is 13.1 Å². The minimum atomic E-state index is 0.669. The molecular formula is C8H13BrN2. The van der Waals surface area contributed by atoms with Gasteiger partial charge in [-0.05, 0) is 19.3 Å². The third-order valence-corrected chi connectivity index (χ3v) is 3.57. The molecule has 3 heteroatoms. The highest BCUT2D eigenvalue weighted by atomic mass is 79.9.